The van der Waals surface area contributed by atoms with Crippen molar-refractivity contribution in [1.29, 1.82) is 0 Å². The number of carbonyl (C=O) groups excluding carboxylic acids is 1. The number of carboxylic acids is 1. The maximum absolute atomic E-state index is 11.3. The van der Waals surface area contributed by atoms with Crippen LogP contribution in [-0.4, -0.2) is 54.5 Å². The molecular weight excluding hydrogens is 202 g/mol. The molecule has 0 bridgehead atoms. The molecule has 2 rings (SSSR count). The van der Waals surface area contributed by atoms with Crippen molar-refractivity contribution in [2.24, 2.45) is 5.41 Å². The van der Waals surface area contributed by atoms with Gasteiger partial charge in [-0.1, -0.05) is 0 Å². The van der Waals surface area contributed by atoms with Gasteiger partial charge in [0.25, 0.3) is 0 Å². The number of aliphatic carboxylic acids is 1. The number of ether oxygens (including phenoxy) is 2. The van der Waals surface area contributed by atoms with Gasteiger partial charge in [0.05, 0.1) is 25.8 Å². The standard InChI is InChI=1S/C9H13NO5/c1-9(7(11)12)5-14-4-6(9)10-2-3-15-8(10)13/h6H,2-5H2,1H3,(H,11,12). The van der Waals surface area contributed by atoms with E-state index in [9.17, 15) is 9.59 Å². The van der Waals surface area contributed by atoms with Crippen molar-refractivity contribution >= 4 is 12.1 Å². The summed E-state index contributed by atoms with van der Waals surface area (Å²) in [4.78, 5) is 23.9. The first kappa shape index (κ1) is 10.2. The van der Waals surface area contributed by atoms with Gasteiger partial charge < -0.3 is 14.6 Å². The monoisotopic (exact) mass is 215 g/mol. The molecule has 2 saturated heterocycles. The van der Waals surface area contributed by atoms with Gasteiger partial charge in [0, 0.05) is 0 Å². The third kappa shape index (κ3) is 1.45. The van der Waals surface area contributed by atoms with E-state index in [0.717, 1.165) is 0 Å². The van der Waals surface area contributed by atoms with E-state index in [0.29, 0.717) is 13.2 Å². The predicted octanol–water partition coefficient (Wildman–Crippen LogP) is -0.0717. The molecule has 2 fully saturated rings. The van der Waals surface area contributed by atoms with E-state index in [2.05, 4.69) is 0 Å². The Morgan fingerprint density at radius 3 is 2.93 bits per heavy atom. The third-order valence-electron chi connectivity index (χ3n) is 3.07. The van der Waals surface area contributed by atoms with Crippen LogP contribution in [0.15, 0.2) is 0 Å². The Balaban J connectivity index is 2.21. The lowest BCUT2D eigenvalue weighted by Gasteiger charge is -2.30. The second kappa shape index (κ2) is 3.37. The Kier molecular flexibility index (Phi) is 2.30. The number of carboxylic acid groups (broad SMARTS) is 1. The van der Waals surface area contributed by atoms with Crippen molar-refractivity contribution in [2.75, 3.05) is 26.4 Å². The summed E-state index contributed by atoms with van der Waals surface area (Å²) < 4.78 is 9.95. The van der Waals surface area contributed by atoms with Crippen molar-refractivity contribution in [1.82, 2.24) is 4.90 Å². The lowest BCUT2D eigenvalue weighted by atomic mass is 9.84. The Bertz CT molecular complexity index is 305. The van der Waals surface area contributed by atoms with E-state index in [4.69, 9.17) is 14.6 Å². The van der Waals surface area contributed by atoms with Gasteiger partial charge in [0.2, 0.25) is 0 Å². The maximum Gasteiger partial charge on any atom is 0.410 e. The van der Waals surface area contributed by atoms with E-state index < -0.39 is 23.5 Å². The van der Waals surface area contributed by atoms with Crippen LogP contribution in [0.3, 0.4) is 0 Å². The van der Waals surface area contributed by atoms with Crippen LogP contribution >= 0.6 is 0 Å². The highest BCUT2D eigenvalue weighted by Crippen LogP contribution is 2.33. The molecule has 1 amide bonds. The maximum atomic E-state index is 11.3. The van der Waals surface area contributed by atoms with Gasteiger partial charge in [0.15, 0.2) is 0 Å². The highest BCUT2D eigenvalue weighted by molar-refractivity contribution is 5.78. The molecule has 2 aliphatic heterocycles. The molecule has 1 N–H and O–H groups in total. The van der Waals surface area contributed by atoms with Crippen molar-refractivity contribution in [3.05, 3.63) is 0 Å². The lowest BCUT2D eigenvalue weighted by Crippen LogP contribution is -2.50. The Morgan fingerprint density at radius 2 is 2.40 bits per heavy atom. The summed E-state index contributed by atoms with van der Waals surface area (Å²) in [6.45, 7) is 2.76. The highest BCUT2D eigenvalue weighted by Gasteiger charge is 2.51. The number of carbonyl (C=O) groups is 2. The zero-order valence-corrected chi connectivity index (χ0v) is 8.43. The van der Waals surface area contributed by atoms with Gasteiger partial charge in [-0.2, -0.15) is 0 Å². The van der Waals surface area contributed by atoms with Crippen LogP contribution in [0.25, 0.3) is 0 Å². The van der Waals surface area contributed by atoms with E-state index in [1.165, 1.54) is 4.90 Å². The van der Waals surface area contributed by atoms with Crippen molar-refractivity contribution in [3.8, 4) is 0 Å². The van der Waals surface area contributed by atoms with Gasteiger partial charge in [0.1, 0.15) is 12.0 Å². The summed E-state index contributed by atoms with van der Waals surface area (Å²) in [5.41, 5.74) is -1.02. The molecule has 84 valence electrons. The summed E-state index contributed by atoms with van der Waals surface area (Å²) in [6, 6.07) is -0.426. The number of cyclic esters (lactones) is 1. The average molecular weight is 215 g/mol. The first-order valence-corrected chi connectivity index (χ1v) is 4.80. The van der Waals surface area contributed by atoms with Crippen LogP contribution in [0.4, 0.5) is 4.79 Å². The van der Waals surface area contributed by atoms with Crippen molar-refractivity contribution < 1.29 is 24.2 Å². The van der Waals surface area contributed by atoms with Crippen LogP contribution in [0.1, 0.15) is 6.92 Å². The summed E-state index contributed by atoms with van der Waals surface area (Å²) >= 11 is 0. The fraction of sp³-hybridized carbons (Fsp3) is 0.778. The topological polar surface area (TPSA) is 76.1 Å². The molecule has 6 heteroatoms. The molecule has 0 aliphatic carbocycles. The second-order valence-electron chi connectivity index (χ2n) is 4.06. The highest BCUT2D eigenvalue weighted by atomic mass is 16.6. The Morgan fingerprint density at radius 1 is 1.67 bits per heavy atom. The molecule has 0 aromatic rings. The fourth-order valence-electron chi connectivity index (χ4n) is 1.99. The molecule has 2 aliphatic rings. The number of hydrogen-bond donors (Lipinski definition) is 1. The van der Waals surface area contributed by atoms with E-state index >= 15 is 0 Å². The lowest BCUT2D eigenvalue weighted by molar-refractivity contribution is -0.149. The van der Waals surface area contributed by atoms with E-state index in [-0.39, 0.29) is 13.2 Å². The number of hydrogen-bond acceptors (Lipinski definition) is 4. The second-order valence-corrected chi connectivity index (χ2v) is 4.06. The van der Waals surface area contributed by atoms with Crippen LogP contribution in [0.5, 0.6) is 0 Å². The Labute approximate surface area is 86.8 Å². The minimum atomic E-state index is -1.02. The van der Waals surface area contributed by atoms with Gasteiger partial charge in [-0.15, -0.1) is 0 Å². The summed E-state index contributed by atoms with van der Waals surface area (Å²) in [7, 11) is 0. The number of rotatable bonds is 2. The third-order valence-corrected chi connectivity index (χ3v) is 3.07. The zero-order valence-electron chi connectivity index (χ0n) is 8.43. The van der Waals surface area contributed by atoms with Crippen molar-refractivity contribution in [3.63, 3.8) is 0 Å². The van der Waals surface area contributed by atoms with Crippen LogP contribution in [-0.2, 0) is 14.3 Å². The summed E-state index contributed by atoms with van der Waals surface area (Å²) in [5.74, 6) is -0.940. The molecule has 0 aromatic carbocycles. The number of nitrogens with zero attached hydrogens (tertiary/aromatic N) is 1. The molecule has 0 radical (unpaired) electrons. The molecule has 2 atom stereocenters. The fourth-order valence-corrected chi connectivity index (χ4v) is 1.99. The van der Waals surface area contributed by atoms with Gasteiger partial charge >= 0.3 is 12.1 Å². The minimum Gasteiger partial charge on any atom is -0.481 e. The largest absolute Gasteiger partial charge is 0.481 e. The smallest absolute Gasteiger partial charge is 0.410 e. The molecule has 6 nitrogen and oxygen atoms in total. The van der Waals surface area contributed by atoms with Gasteiger partial charge in [-0.05, 0) is 6.92 Å². The summed E-state index contributed by atoms with van der Waals surface area (Å²) in [6.07, 6.45) is -0.446. The first-order valence-electron chi connectivity index (χ1n) is 4.80. The molecule has 0 saturated carbocycles. The van der Waals surface area contributed by atoms with Crippen LogP contribution < -0.4 is 0 Å². The Hall–Kier alpha value is -1.30. The molecular formula is C9H13NO5. The minimum absolute atomic E-state index is 0.136. The first-order chi connectivity index (χ1) is 7.05. The van der Waals surface area contributed by atoms with Crippen LogP contribution in [0.2, 0.25) is 0 Å². The molecule has 0 aromatic heterocycles. The predicted molar refractivity (Wildman–Crippen MR) is 48.4 cm³/mol. The number of amides is 1. The van der Waals surface area contributed by atoms with Crippen LogP contribution in [0, 0.1) is 5.41 Å². The quantitative estimate of drug-likeness (QED) is 0.697. The van der Waals surface area contributed by atoms with E-state index in [1.807, 2.05) is 0 Å². The van der Waals surface area contributed by atoms with E-state index in [1.54, 1.807) is 6.92 Å². The molecule has 15 heavy (non-hydrogen) atoms. The van der Waals surface area contributed by atoms with Gasteiger partial charge in [-0.3, -0.25) is 9.69 Å². The molecule has 2 unspecified atom stereocenters. The average Bonchev–Trinajstić information content (AvgIpc) is 2.72. The normalized spacial score (nSPS) is 35.7. The van der Waals surface area contributed by atoms with Gasteiger partial charge in [-0.25, -0.2) is 4.79 Å². The molecule has 0 spiro atoms. The van der Waals surface area contributed by atoms with Crippen molar-refractivity contribution in [2.45, 2.75) is 13.0 Å². The SMILES string of the molecule is CC1(C(=O)O)COCC1N1CCOC1=O. The summed E-state index contributed by atoms with van der Waals surface area (Å²) in [5, 5.41) is 9.13. The zero-order chi connectivity index (χ0) is 11.1. The molecule has 2 heterocycles.